The van der Waals surface area contributed by atoms with Gasteiger partial charge in [-0.3, -0.25) is 9.59 Å². The lowest BCUT2D eigenvalue weighted by Crippen LogP contribution is -2.41. The van der Waals surface area contributed by atoms with Crippen LogP contribution in [0.25, 0.3) is 23.1 Å². The molecule has 0 atom stereocenters. The molecular weight excluding hydrogens is 220 g/mol. The normalized spacial score (nSPS) is 14.0. The molecule has 0 fully saturated rings. The topological polar surface area (TPSA) is 67.5 Å². The van der Waals surface area contributed by atoms with Crippen molar-refractivity contribution in [1.29, 1.82) is 0 Å². The van der Waals surface area contributed by atoms with Crippen LogP contribution >= 0.6 is 0 Å². The summed E-state index contributed by atoms with van der Waals surface area (Å²) in [6.07, 6.45) is 3.12. The zero-order valence-corrected chi connectivity index (χ0v) is 8.77. The number of carbonyl (C=O) groups is 1. The number of hydrogen-bond donors (Lipinski definition) is 1. The Morgan fingerprint density at radius 2 is 2.06 bits per heavy atom. The molecule has 0 saturated heterocycles. The highest BCUT2D eigenvalue weighted by Crippen LogP contribution is 2.15. The van der Waals surface area contributed by atoms with Crippen LogP contribution in [-0.4, -0.2) is 10.9 Å². The summed E-state index contributed by atoms with van der Waals surface area (Å²) in [6.45, 7) is 0. The lowest BCUT2D eigenvalue weighted by molar-refractivity contribution is -0.112. The molecule has 84 valence electrons. The first-order valence-electron chi connectivity index (χ1n) is 5.16. The first kappa shape index (κ1) is 9.84. The molecule has 17 heavy (non-hydrogen) atoms. The van der Waals surface area contributed by atoms with E-state index in [0.29, 0.717) is 10.6 Å². The number of phenols is 1. The van der Waals surface area contributed by atoms with E-state index in [2.05, 4.69) is 0 Å². The van der Waals surface area contributed by atoms with Gasteiger partial charge in [0, 0.05) is 18.6 Å². The van der Waals surface area contributed by atoms with Crippen molar-refractivity contribution in [3.05, 3.63) is 39.1 Å². The lowest BCUT2D eigenvalue weighted by Gasteiger charge is -2.01. The van der Waals surface area contributed by atoms with E-state index < -0.39 is 0 Å². The molecule has 1 aromatic carbocycles. The van der Waals surface area contributed by atoms with E-state index in [1.165, 1.54) is 24.3 Å². The van der Waals surface area contributed by atoms with Gasteiger partial charge in [0.15, 0.2) is 11.2 Å². The summed E-state index contributed by atoms with van der Waals surface area (Å²) in [6, 6.07) is 4.31. The number of fused-ring (bicyclic) bond motifs is 2. The Kier molecular flexibility index (Phi) is 1.92. The molecule has 1 heterocycles. The highest BCUT2D eigenvalue weighted by Gasteiger charge is 2.09. The minimum Gasteiger partial charge on any atom is -0.508 e. The van der Waals surface area contributed by atoms with Crippen LogP contribution in [-0.2, 0) is 4.79 Å². The minimum absolute atomic E-state index is 0.0201. The molecule has 2 aromatic rings. The Morgan fingerprint density at radius 3 is 2.88 bits per heavy atom. The summed E-state index contributed by atoms with van der Waals surface area (Å²) in [5, 5.41) is 10.2. The maximum Gasteiger partial charge on any atom is 0.200 e. The number of carbonyl (C=O) groups excluding carboxylic acids is 1. The number of ketones is 1. The maximum absolute atomic E-state index is 12.1. The SMILES string of the molecule is O=C1C=c2oc3cc(O)ccc3c(=O)c2=CC1. The molecule has 3 rings (SSSR count). The van der Waals surface area contributed by atoms with Gasteiger partial charge in [0.1, 0.15) is 16.7 Å². The molecule has 0 radical (unpaired) electrons. The largest absolute Gasteiger partial charge is 0.508 e. The summed E-state index contributed by atoms with van der Waals surface area (Å²) in [5.41, 5.74) is 0.377. The van der Waals surface area contributed by atoms with E-state index in [1.54, 1.807) is 6.08 Å². The lowest BCUT2D eigenvalue weighted by atomic mass is 10.1. The molecule has 1 aliphatic rings. The summed E-state index contributed by atoms with van der Waals surface area (Å²) in [5.74, 6) is -0.0770. The fraction of sp³-hybridized carbons (Fsp3) is 0.0769. The Labute approximate surface area is 95.1 Å². The first-order chi connectivity index (χ1) is 8.15. The van der Waals surface area contributed by atoms with Crippen molar-refractivity contribution in [3.8, 4) is 5.75 Å². The van der Waals surface area contributed by atoms with Gasteiger partial charge < -0.3 is 9.52 Å². The highest BCUT2D eigenvalue weighted by molar-refractivity contribution is 6.08. The van der Waals surface area contributed by atoms with Crippen LogP contribution in [0.5, 0.6) is 5.75 Å². The molecule has 1 aromatic heterocycles. The average molecular weight is 228 g/mol. The molecule has 0 saturated carbocycles. The van der Waals surface area contributed by atoms with Gasteiger partial charge >= 0.3 is 0 Å². The molecular formula is C13H8O4. The fourth-order valence-electron chi connectivity index (χ4n) is 1.92. The van der Waals surface area contributed by atoms with E-state index in [1.807, 2.05) is 0 Å². The van der Waals surface area contributed by atoms with E-state index in [4.69, 9.17) is 4.42 Å². The summed E-state index contributed by atoms with van der Waals surface area (Å²) < 4.78 is 5.45. The molecule has 4 heteroatoms. The standard InChI is InChI=1S/C13H8O4/c14-7-1-3-9-11(5-7)17-12-6-8(15)2-4-10(12)13(9)16/h1,3-6,14H,2H2. The third-order valence-electron chi connectivity index (χ3n) is 2.74. The zero-order valence-electron chi connectivity index (χ0n) is 8.77. The number of phenolic OH excluding ortho intramolecular Hbond substituents is 1. The minimum atomic E-state index is -0.176. The molecule has 1 N–H and O–H groups in total. The molecule has 1 aliphatic carbocycles. The Bertz CT molecular complexity index is 812. The van der Waals surface area contributed by atoms with Gasteiger partial charge in [0.05, 0.1) is 10.6 Å². The van der Waals surface area contributed by atoms with Crippen LogP contribution in [0, 0.1) is 0 Å². The van der Waals surface area contributed by atoms with Crippen molar-refractivity contribution in [3.63, 3.8) is 0 Å². The number of benzene rings is 1. The zero-order chi connectivity index (χ0) is 12.0. The predicted molar refractivity (Wildman–Crippen MR) is 62.0 cm³/mol. The second kappa shape index (κ2) is 3.31. The van der Waals surface area contributed by atoms with Crippen LogP contribution in [0.15, 0.2) is 27.4 Å². The molecule has 0 amide bonds. The molecule has 0 aliphatic heterocycles. The number of hydrogen-bond acceptors (Lipinski definition) is 4. The van der Waals surface area contributed by atoms with Gasteiger partial charge in [0.2, 0.25) is 0 Å². The fourth-order valence-corrected chi connectivity index (χ4v) is 1.92. The average Bonchev–Trinajstić information content (AvgIpc) is 2.28. The van der Waals surface area contributed by atoms with Crippen LogP contribution in [0.4, 0.5) is 0 Å². The maximum atomic E-state index is 12.1. The number of Topliss-reactive ketones (excluding diaryl/α,β-unsaturated/α-hetero) is 1. The van der Waals surface area contributed by atoms with Crippen molar-refractivity contribution >= 4 is 28.9 Å². The van der Waals surface area contributed by atoms with E-state index in [0.717, 1.165) is 0 Å². The molecule has 0 unspecified atom stereocenters. The van der Waals surface area contributed by atoms with E-state index in [9.17, 15) is 14.7 Å². The van der Waals surface area contributed by atoms with E-state index in [-0.39, 0.29) is 34.4 Å². The monoisotopic (exact) mass is 228 g/mol. The quantitative estimate of drug-likeness (QED) is 0.691. The first-order valence-corrected chi connectivity index (χ1v) is 5.16. The van der Waals surface area contributed by atoms with Crippen LogP contribution in [0.1, 0.15) is 6.42 Å². The third kappa shape index (κ3) is 1.45. The van der Waals surface area contributed by atoms with Crippen LogP contribution in [0.3, 0.4) is 0 Å². The molecule has 0 bridgehead atoms. The predicted octanol–water partition coefficient (Wildman–Crippen LogP) is 0.0324. The van der Waals surface area contributed by atoms with Gasteiger partial charge in [-0.1, -0.05) is 6.08 Å². The molecule has 4 nitrogen and oxygen atoms in total. The second-order valence-corrected chi connectivity index (χ2v) is 3.91. The summed E-state index contributed by atoms with van der Waals surface area (Å²) in [7, 11) is 0. The second-order valence-electron chi connectivity index (χ2n) is 3.91. The third-order valence-corrected chi connectivity index (χ3v) is 2.74. The molecule has 0 spiro atoms. The Morgan fingerprint density at radius 1 is 1.24 bits per heavy atom. The Balaban J connectivity index is 2.58. The number of aromatic hydroxyl groups is 1. The highest BCUT2D eigenvalue weighted by atomic mass is 16.3. The summed E-state index contributed by atoms with van der Waals surface area (Å²) in [4.78, 5) is 23.3. The van der Waals surface area contributed by atoms with Gasteiger partial charge in [-0.15, -0.1) is 0 Å². The van der Waals surface area contributed by atoms with Gasteiger partial charge in [-0.05, 0) is 12.1 Å². The summed E-state index contributed by atoms with van der Waals surface area (Å²) >= 11 is 0. The van der Waals surface area contributed by atoms with Gasteiger partial charge in [-0.25, -0.2) is 0 Å². The van der Waals surface area contributed by atoms with Gasteiger partial charge in [-0.2, -0.15) is 0 Å². The van der Waals surface area contributed by atoms with E-state index >= 15 is 0 Å². The van der Waals surface area contributed by atoms with Gasteiger partial charge in [0.25, 0.3) is 0 Å². The van der Waals surface area contributed by atoms with Crippen molar-refractivity contribution < 1.29 is 14.3 Å². The smallest absolute Gasteiger partial charge is 0.200 e. The Hall–Kier alpha value is -2.36. The van der Waals surface area contributed by atoms with Crippen molar-refractivity contribution in [1.82, 2.24) is 0 Å². The van der Waals surface area contributed by atoms with Crippen molar-refractivity contribution in [2.45, 2.75) is 6.42 Å². The van der Waals surface area contributed by atoms with Crippen LogP contribution < -0.4 is 16.1 Å². The van der Waals surface area contributed by atoms with Crippen molar-refractivity contribution in [2.75, 3.05) is 0 Å². The number of rotatable bonds is 0. The van der Waals surface area contributed by atoms with Crippen molar-refractivity contribution in [2.24, 2.45) is 0 Å². The van der Waals surface area contributed by atoms with Crippen LogP contribution in [0.2, 0.25) is 0 Å².